The van der Waals surface area contributed by atoms with Gasteiger partial charge >= 0.3 is 0 Å². The Bertz CT molecular complexity index is 402. The molecule has 0 N–H and O–H groups in total. The van der Waals surface area contributed by atoms with Gasteiger partial charge in [0.25, 0.3) is 0 Å². The third-order valence-corrected chi connectivity index (χ3v) is 5.42. The fourth-order valence-electron chi connectivity index (χ4n) is 1.39. The van der Waals surface area contributed by atoms with Crippen molar-refractivity contribution in [3.63, 3.8) is 0 Å². The van der Waals surface area contributed by atoms with Gasteiger partial charge in [0, 0.05) is 10.6 Å². The molecule has 102 valence electrons. The zero-order chi connectivity index (χ0) is 13.7. The van der Waals surface area contributed by atoms with Gasteiger partial charge in [0.15, 0.2) is 0 Å². The summed E-state index contributed by atoms with van der Waals surface area (Å²) in [5.74, 6) is 0. The Kier molecular flexibility index (Phi) is 6.31. The molecule has 2 unspecified atom stereocenters. The van der Waals surface area contributed by atoms with Crippen LogP contribution in [0.3, 0.4) is 0 Å². The van der Waals surface area contributed by atoms with E-state index in [9.17, 15) is 9.13 Å². The van der Waals surface area contributed by atoms with Gasteiger partial charge in [-0.25, -0.2) is 0 Å². The second-order valence-electron chi connectivity index (χ2n) is 4.45. The van der Waals surface area contributed by atoms with E-state index in [2.05, 4.69) is 0 Å². The van der Waals surface area contributed by atoms with Crippen molar-refractivity contribution in [3.05, 3.63) is 24.3 Å². The van der Waals surface area contributed by atoms with Gasteiger partial charge < -0.3 is 9.05 Å². The highest BCUT2D eigenvalue weighted by Gasteiger charge is 2.16. The van der Waals surface area contributed by atoms with Crippen LogP contribution in [-0.2, 0) is 18.2 Å². The molecule has 1 rings (SSSR count). The summed E-state index contributed by atoms with van der Waals surface area (Å²) in [7, 11) is -4.76. The topological polar surface area (TPSA) is 52.6 Å². The van der Waals surface area contributed by atoms with Crippen molar-refractivity contribution in [2.75, 3.05) is 0 Å². The van der Waals surface area contributed by atoms with Gasteiger partial charge in [0.2, 0.25) is 16.1 Å². The normalized spacial score (nSPS) is 15.0. The predicted molar refractivity (Wildman–Crippen MR) is 76.2 cm³/mol. The fraction of sp³-hybridized carbons (Fsp3) is 0.500. The van der Waals surface area contributed by atoms with Crippen LogP contribution in [0.2, 0.25) is 0 Å². The van der Waals surface area contributed by atoms with Gasteiger partial charge in [-0.15, -0.1) is 0 Å². The lowest BCUT2D eigenvalue weighted by Gasteiger charge is -2.13. The Morgan fingerprint density at radius 3 is 1.44 bits per heavy atom. The van der Waals surface area contributed by atoms with E-state index in [0.717, 1.165) is 0 Å². The van der Waals surface area contributed by atoms with Crippen LogP contribution in [0.25, 0.3) is 0 Å². The molecule has 0 spiro atoms. The molecule has 0 radical (unpaired) electrons. The smallest absolute Gasteiger partial charge is 0.221 e. The quantitative estimate of drug-likeness (QED) is 0.756. The molecule has 18 heavy (non-hydrogen) atoms. The van der Waals surface area contributed by atoms with Crippen LogP contribution in [0, 0.1) is 0 Å². The molecular formula is C12H20O4P2. The molecule has 0 aliphatic heterocycles. The van der Waals surface area contributed by atoms with Crippen molar-refractivity contribution in [2.45, 2.75) is 39.9 Å². The lowest BCUT2D eigenvalue weighted by atomic mass is 10.4. The van der Waals surface area contributed by atoms with Crippen LogP contribution in [0.4, 0.5) is 0 Å². The van der Waals surface area contributed by atoms with Crippen molar-refractivity contribution in [3.8, 4) is 0 Å². The Morgan fingerprint density at radius 1 is 0.833 bits per heavy atom. The van der Waals surface area contributed by atoms with Crippen LogP contribution < -0.4 is 10.6 Å². The Balaban J connectivity index is 2.99. The minimum atomic E-state index is -2.38. The zero-order valence-corrected chi connectivity index (χ0v) is 13.1. The summed E-state index contributed by atoms with van der Waals surface area (Å²) >= 11 is 0. The van der Waals surface area contributed by atoms with Crippen molar-refractivity contribution in [1.29, 1.82) is 0 Å². The average molecular weight is 290 g/mol. The van der Waals surface area contributed by atoms with E-state index < -0.39 is 16.1 Å². The maximum Gasteiger partial charge on any atom is 0.221 e. The summed E-state index contributed by atoms with van der Waals surface area (Å²) in [6.45, 7) is 7.27. The molecule has 1 aromatic carbocycles. The number of rotatable bonds is 6. The second-order valence-corrected chi connectivity index (χ2v) is 7.15. The molecule has 0 saturated heterocycles. The highest BCUT2D eigenvalue weighted by Crippen LogP contribution is 2.29. The minimum Gasteiger partial charge on any atom is -0.325 e. The van der Waals surface area contributed by atoms with E-state index in [1.807, 2.05) is 27.7 Å². The summed E-state index contributed by atoms with van der Waals surface area (Å²) in [4.78, 5) is 0. The summed E-state index contributed by atoms with van der Waals surface area (Å²) in [5, 5.41) is 1.00. The molecular weight excluding hydrogens is 270 g/mol. The van der Waals surface area contributed by atoms with Gasteiger partial charge in [0.05, 0.1) is 12.2 Å². The number of hydrogen-bond acceptors (Lipinski definition) is 4. The van der Waals surface area contributed by atoms with Crippen LogP contribution in [0.15, 0.2) is 24.3 Å². The maximum atomic E-state index is 12.1. The van der Waals surface area contributed by atoms with Crippen molar-refractivity contribution >= 4 is 26.7 Å². The molecule has 0 heterocycles. The molecule has 0 aliphatic rings. The molecule has 0 saturated carbocycles. The molecule has 0 bridgehead atoms. The average Bonchev–Trinajstić information content (AvgIpc) is 2.27. The Hall–Kier alpha value is -0.400. The van der Waals surface area contributed by atoms with Crippen molar-refractivity contribution in [1.82, 2.24) is 0 Å². The molecule has 4 nitrogen and oxygen atoms in total. The van der Waals surface area contributed by atoms with E-state index in [-0.39, 0.29) is 12.2 Å². The first-order chi connectivity index (χ1) is 8.41. The first-order valence-corrected chi connectivity index (χ1v) is 8.56. The molecule has 0 fully saturated rings. The maximum absolute atomic E-state index is 12.1. The SMILES string of the molecule is CC(C)O[PH](=O)c1ccccc1[PH](=O)OC(C)C. The summed E-state index contributed by atoms with van der Waals surface area (Å²) in [6, 6.07) is 6.89. The van der Waals surface area contributed by atoms with Gasteiger partial charge in [-0.05, 0) is 39.8 Å². The van der Waals surface area contributed by atoms with Crippen LogP contribution in [0.5, 0.6) is 0 Å². The van der Waals surface area contributed by atoms with Gasteiger partial charge in [-0.3, -0.25) is 9.13 Å². The standard InChI is InChI=1S/C12H20O4P2/c1-9(2)15-17(13)11-7-5-6-8-12(11)18(14)16-10(3)4/h5-10,17-18H,1-4H3. The first kappa shape index (κ1) is 15.7. The molecule has 0 aromatic heterocycles. The van der Waals surface area contributed by atoms with Crippen molar-refractivity contribution < 1.29 is 18.2 Å². The van der Waals surface area contributed by atoms with E-state index in [4.69, 9.17) is 9.05 Å². The van der Waals surface area contributed by atoms with E-state index in [0.29, 0.717) is 10.6 Å². The monoisotopic (exact) mass is 290 g/mol. The van der Waals surface area contributed by atoms with Gasteiger partial charge in [-0.1, -0.05) is 12.1 Å². The fourth-order valence-corrected chi connectivity index (χ4v) is 4.19. The number of benzene rings is 1. The molecule has 6 heteroatoms. The van der Waals surface area contributed by atoms with Crippen LogP contribution >= 0.6 is 16.1 Å². The zero-order valence-electron chi connectivity index (χ0n) is 11.1. The summed E-state index contributed by atoms with van der Waals surface area (Å²) < 4.78 is 34.7. The van der Waals surface area contributed by atoms with Crippen LogP contribution in [0.1, 0.15) is 27.7 Å². The highest BCUT2D eigenvalue weighted by atomic mass is 31.1. The molecule has 2 atom stereocenters. The third-order valence-electron chi connectivity index (χ3n) is 2.05. The number of hydrogen-bond donors (Lipinski definition) is 0. The summed E-state index contributed by atoms with van der Waals surface area (Å²) in [6.07, 6.45) is -0.254. The van der Waals surface area contributed by atoms with Gasteiger partial charge in [-0.2, -0.15) is 0 Å². The Labute approximate surface area is 109 Å². The second kappa shape index (κ2) is 7.25. The van der Waals surface area contributed by atoms with Crippen LogP contribution in [-0.4, -0.2) is 12.2 Å². The third kappa shape index (κ3) is 4.70. The first-order valence-electron chi connectivity index (χ1n) is 5.92. The minimum absolute atomic E-state index is 0.127. The van der Waals surface area contributed by atoms with E-state index in [1.165, 1.54) is 0 Å². The lowest BCUT2D eigenvalue weighted by Crippen LogP contribution is -2.20. The summed E-state index contributed by atoms with van der Waals surface area (Å²) in [5.41, 5.74) is 0. The molecule has 0 aliphatic carbocycles. The highest BCUT2D eigenvalue weighted by molar-refractivity contribution is 7.55. The van der Waals surface area contributed by atoms with Gasteiger partial charge in [0.1, 0.15) is 0 Å². The largest absolute Gasteiger partial charge is 0.325 e. The Morgan fingerprint density at radius 2 is 1.17 bits per heavy atom. The lowest BCUT2D eigenvalue weighted by molar-refractivity contribution is 0.258. The van der Waals surface area contributed by atoms with E-state index >= 15 is 0 Å². The molecule has 0 amide bonds. The molecule has 1 aromatic rings. The van der Waals surface area contributed by atoms with E-state index in [1.54, 1.807) is 24.3 Å². The van der Waals surface area contributed by atoms with Crippen molar-refractivity contribution in [2.24, 2.45) is 0 Å². The predicted octanol–water partition coefficient (Wildman–Crippen LogP) is 2.74.